The van der Waals surface area contributed by atoms with Gasteiger partial charge in [-0.2, -0.15) is 0 Å². The molecule has 24 heavy (non-hydrogen) atoms. The number of esters is 1. The van der Waals surface area contributed by atoms with Gasteiger partial charge in [0.1, 0.15) is 24.0 Å². The zero-order valence-electron chi connectivity index (χ0n) is 12.8. The van der Waals surface area contributed by atoms with Crippen LogP contribution in [0.5, 0.6) is 5.75 Å². The van der Waals surface area contributed by atoms with Crippen molar-refractivity contribution in [3.8, 4) is 5.75 Å². The van der Waals surface area contributed by atoms with Gasteiger partial charge >= 0.3 is 5.97 Å². The summed E-state index contributed by atoms with van der Waals surface area (Å²) in [6.45, 7) is 0.188. The van der Waals surface area contributed by atoms with E-state index in [1.54, 1.807) is 18.3 Å². The monoisotopic (exact) mass is 368 g/mol. The quantitative estimate of drug-likeness (QED) is 0.450. The Labute approximate surface area is 144 Å². The van der Waals surface area contributed by atoms with Gasteiger partial charge in [0.15, 0.2) is 0 Å². The molecule has 0 aliphatic carbocycles. The van der Waals surface area contributed by atoms with Crippen molar-refractivity contribution in [1.29, 1.82) is 0 Å². The van der Waals surface area contributed by atoms with Gasteiger partial charge in [-0.05, 0) is 42.7 Å². The number of rotatable bonds is 7. The molecule has 7 nitrogen and oxygen atoms in total. The first-order chi connectivity index (χ1) is 11.4. The lowest BCUT2D eigenvalue weighted by Gasteiger charge is -2.09. The van der Waals surface area contributed by atoms with E-state index in [1.807, 2.05) is 6.26 Å². The maximum absolute atomic E-state index is 12.0. The number of carbonyl (C=O) groups is 1. The van der Waals surface area contributed by atoms with Gasteiger partial charge in [-0.1, -0.05) is 0 Å². The van der Waals surface area contributed by atoms with Crippen molar-refractivity contribution in [2.45, 2.75) is 9.92 Å². The number of carbonyl (C=O) groups excluding carboxylic acids is 1. The first kappa shape index (κ1) is 18.2. The van der Waals surface area contributed by atoms with Gasteiger partial charge in [0.2, 0.25) is 10.0 Å². The third-order valence-corrected chi connectivity index (χ3v) is 4.56. The number of hydrogen-bond donors (Lipinski definition) is 1. The predicted molar refractivity (Wildman–Crippen MR) is 89.6 cm³/mol. The first-order valence-corrected chi connectivity index (χ1v) is 9.60. The predicted octanol–water partition coefficient (Wildman–Crippen LogP) is 1.69. The van der Waals surface area contributed by atoms with Crippen molar-refractivity contribution in [1.82, 2.24) is 4.98 Å². The van der Waals surface area contributed by atoms with Crippen LogP contribution in [0.25, 0.3) is 0 Å². The Hall–Kier alpha value is -2.10. The first-order valence-electron chi connectivity index (χ1n) is 6.83. The van der Waals surface area contributed by atoms with Gasteiger partial charge in [0.25, 0.3) is 0 Å². The summed E-state index contributed by atoms with van der Waals surface area (Å²) in [5.41, 5.74) is 0.405. The summed E-state index contributed by atoms with van der Waals surface area (Å²) in [5.74, 6) is -0.0229. The Morgan fingerprint density at radius 1 is 1.21 bits per heavy atom. The summed E-state index contributed by atoms with van der Waals surface area (Å²) >= 11 is 1.36. The van der Waals surface area contributed by atoms with Crippen LogP contribution in [0.2, 0.25) is 0 Å². The number of ether oxygens (including phenoxy) is 2. The van der Waals surface area contributed by atoms with Crippen LogP contribution in [0.15, 0.2) is 52.5 Å². The maximum atomic E-state index is 12.0. The lowest BCUT2D eigenvalue weighted by atomic mass is 10.3. The van der Waals surface area contributed by atoms with E-state index in [0.717, 1.165) is 0 Å². The molecule has 0 saturated heterocycles. The van der Waals surface area contributed by atoms with Gasteiger partial charge in [-0.3, -0.25) is 0 Å². The molecule has 1 aromatic heterocycles. The van der Waals surface area contributed by atoms with Crippen molar-refractivity contribution >= 4 is 27.8 Å². The number of hydrogen-bond acceptors (Lipinski definition) is 7. The second kappa shape index (κ2) is 8.13. The Morgan fingerprint density at radius 3 is 2.54 bits per heavy atom. The molecule has 0 aliphatic heterocycles. The van der Waals surface area contributed by atoms with E-state index in [-0.39, 0.29) is 18.1 Å². The average Bonchev–Trinajstić information content (AvgIpc) is 2.58. The summed E-state index contributed by atoms with van der Waals surface area (Å²) in [7, 11) is -3.73. The van der Waals surface area contributed by atoms with E-state index in [4.69, 9.17) is 14.6 Å². The SMILES string of the molecule is CSc1ncccc1C(=O)OCCOc1ccc(S(N)(=O)=O)cc1. The molecular weight excluding hydrogens is 352 g/mol. The molecular formula is C15H16N2O5S2. The molecule has 0 atom stereocenters. The fourth-order valence-electron chi connectivity index (χ4n) is 1.81. The van der Waals surface area contributed by atoms with E-state index in [0.29, 0.717) is 16.3 Å². The fourth-order valence-corrected chi connectivity index (χ4v) is 2.86. The topological polar surface area (TPSA) is 109 Å². The molecule has 0 saturated carbocycles. The van der Waals surface area contributed by atoms with Gasteiger partial charge in [0.05, 0.1) is 10.5 Å². The number of nitrogens with zero attached hydrogens (tertiary/aromatic N) is 1. The smallest absolute Gasteiger partial charge is 0.341 e. The van der Waals surface area contributed by atoms with E-state index in [2.05, 4.69) is 4.98 Å². The summed E-state index contributed by atoms with van der Waals surface area (Å²) < 4.78 is 32.8. The normalized spacial score (nSPS) is 11.1. The molecule has 0 amide bonds. The Kier molecular flexibility index (Phi) is 6.18. The van der Waals surface area contributed by atoms with E-state index >= 15 is 0 Å². The molecule has 2 N–H and O–H groups in total. The minimum Gasteiger partial charge on any atom is -0.490 e. The molecule has 0 radical (unpaired) electrons. The standard InChI is InChI=1S/C15H16N2O5S2/c1-23-14-13(3-2-8-17-14)15(18)22-10-9-21-11-4-6-12(7-5-11)24(16,19)20/h2-8H,9-10H2,1H3,(H2,16,19,20). The fraction of sp³-hybridized carbons (Fsp3) is 0.200. The lowest BCUT2D eigenvalue weighted by Crippen LogP contribution is -2.14. The number of pyridine rings is 1. The minimum atomic E-state index is -3.73. The number of aromatic nitrogens is 1. The number of benzene rings is 1. The largest absolute Gasteiger partial charge is 0.490 e. The second-order valence-electron chi connectivity index (χ2n) is 4.56. The van der Waals surface area contributed by atoms with Crippen LogP contribution in [0, 0.1) is 0 Å². The van der Waals surface area contributed by atoms with Crippen LogP contribution < -0.4 is 9.88 Å². The van der Waals surface area contributed by atoms with Gasteiger partial charge < -0.3 is 9.47 Å². The number of nitrogens with two attached hydrogens (primary N) is 1. The second-order valence-corrected chi connectivity index (χ2v) is 6.92. The van der Waals surface area contributed by atoms with Crippen molar-refractivity contribution < 1.29 is 22.7 Å². The summed E-state index contributed by atoms with van der Waals surface area (Å²) in [6.07, 6.45) is 3.43. The van der Waals surface area contributed by atoms with Crippen molar-refractivity contribution in [3.63, 3.8) is 0 Å². The van der Waals surface area contributed by atoms with E-state index < -0.39 is 16.0 Å². The number of thioether (sulfide) groups is 1. The molecule has 0 unspecified atom stereocenters. The van der Waals surface area contributed by atoms with Crippen molar-refractivity contribution in [2.75, 3.05) is 19.5 Å². The lowest BCUT2D eigenvalue weighted by molar-refractivity contribution is 0.0445. The van der Waals surface area contributed by atoms with Gasteiger partial charge in [-0.15, -0.1) is 11.8 Å². The Balaban J connectivity index is 1.83. The van der Waals surface area contributed by atoms with Crippen LogP contribution in [0.4, 0.5) is 0 Å². The number of sulfonamides is 1. The van der Waals surface area contributed by atoms with Crippen LogP contribution in [-0.2, 0) is 14.8 Å². The maximum Gasteiger partial charge on any atom is 0.341 e. The molecule has 0 fully saturated rings. The average molecular weight is 368 g/mol. The van der Waals surface area contributed by atoms with Crippen LogP contribution in [0.3, 0.4) is 0 Å². The summed E-state index contributed by atoms with van der Waals surface area (Å²) in [6, 6.07) is 8.96. The zero-order valence-corrected chi connectivity index (χ0v) is 14.5. The third kappa shape index (κ3) is 4.95. The molecule has 0 bridgehead atoms. The van der Waals surface area contributed by atoms with Crippen molar-refractivity contribution in [3.05, 3.63) is 48.2 Å². The van der Waals surface area contributed by atoms with E-state index in [9.17, 15) is 13.2 Å². The van der Waals surface area contributed by atoms with Crippen LogP contribution in [0.1, 0.15) is 10.4 Å². The minimum absolute atomic E-state index is 0.00227. The highest BCUT2D eigenvalue weighted by Crippen LogP contribution is 2.18. The summed E-state index contributed by atoms with van der Waals surface area (Å²) in [5, 5.41) is 5.61. The van der Waals surface area contributed by atoms with Gasteiger partial charge in [0, 0.05) is 6.20 Å². The third-order valence-electron chi connectivity index (χ3n) is 2.92. The van der Waals surface area contributed by atoms with Gasteiger partial charge in [-0.25, -0.2) is 23.3 Å². The van der Waals surface area contributed by atoms with Crippen molar-refractivity contribution in [2.24, 2.45) is 5.14 Å². The zero-order chi connectivity index (χ0) is 17.6. The Bertz CT molecular complexity index is 807. The summed E-state index contributed by atoms with van der Waals surface area (Å²) in [4.78, 5) is 16.1. The molecule has 2 aromatic rings. The highest BCUT2D eigenvalue weighted by atomic mass is 32.2. The van der Waals surface area contributed by atoms with Crippen LogP contribution >= 0.6 is 11.8 Å². The highest BCUT2D eigenvalue weighted by molar-refractivity contribution is 7.98. The molecule has 128 valence electrons. The number of primary sulfonamides is 1. The Morgan fingerprint density at radius 2 is 1.92 bits per heavy atom. The molecule has 1 heterocycles. The molecule has 1 aromatic carbocycles. The molecule has 0 aliphatic rings. The van der Waals surface area contributed by atoms with E-state index in [1.165, 1.54) is 36.0 Å². The molecule has 2 rings (SSSR count). The highest BCUT2D eigenvalue weighted by Gasteiger charge is 2.13. The van der Waals surface area contributed by atoms with Crippen LogP contribution in [-0.4, -0.2) is 38.8 Å². The molecule has 9 heteroatoms. The molecule has 0 spiro atoms.